The number of carbonyl (C=O) groups excluding carboxylic acids is 2. The Morgan fingerprint density at radius 2 is 2.07 bits per heavy atom. The first-order valence-corrected chi connectivity index (χ1v) is 11.0. The standard InChI is InChI=1S/C20H22BrN5O2S/c1-26(12-19(28)24-17-7-6-13(21)11-23-17)9-8-18(27)25-20-15(10-22)14-4-2-3-5-16(14)29-20/h6-7,11H,2-5,8-9,12H2,1H3,(H,25,27)(H,23,24,28). The number of rotatable bonds is 7. The van der Waals surface area contributed by atoms with Crippen molar-refractivity contribution >= 4 is 49.9 Å². The van der Waals surface area contributed by atoms with E-state index in [-0.39, 0.29) is 24.8 Å². The van der Waals surface area contributed by atoms with Crippen LogP contribution < -0.4 is 10.6 Å². The second kappa shape index (κ2) is 9.96. The van der Waals surface area contributed by atoms with Gasteiger partial charge in [0.2, 0.25) is 11.8 Å². The van der Waals surface area contributed by atoms with Crippen LogP contribution in [0.1, 0.15) is 35.3 Å². The average Bonchev–Trinajstić information content (AvgIpc) is 3.05. The summed E-state index contributed by atoms with van der Waals surface area (Å²) in [5.41, 5.74) is 1.72. The summed E-state index contributed by atoms with van der Waals surface area (Å²) in [4.78, 5) is 31.6. The van der Waals surface area contributed by atoms with E-state index in [0.29, 0.717) is 22.9 Å². The predicted molar refractivity (Wildman–Crippen MR) is 117 cm³/mol. The van der Waals surface area contributed by atoms with Crippen LogP contribution in [0, 0.1) is 11.3 Å². The number of nitriles is 1. The maximum absolute atomic E-state index is 12.4. The Morgan fingerprint density at radius 3 is 2.79 bits per heavy atom. The molecule has 0 bridgehead atoms. The molecule has 9 heteroatoms. The third kappa shape index (κ3) is 5.85. The number of thiophene rings is 1. The van der Waals surface area contributed by atoms with E-state index in [1.54, 1.807) is 30.3 Å². The van der Waals surface area contributed by atoms with Gasteiger partial charge in [-0.2, -0.15) is 5.26 Å². The van der Waals surface area contributed by atoms with Crippen LogP contribution in [-0.4, -0.2) is 41.8 Å². The Kier molecular flexibility index (Phi) is 7.36. The van der Waals surface area contributed by atoms with Crippen molar-refractivity contribution in [2.75, 3.05) is 30.8 Å². The van der Waals surface area contributed by atoms with Gasteiger partial charge in [-0.1, -0.05) is 0 Å². The molecule has 29 heavy (non-hydrogen) atoms. The summed E-state index contributed by atoms with van der Waals surface area (Å²) >= 11 is 4.82. The van der Waals surface area contributed by atoms with Gasteiger partial charge in [0.1, 0.15) is 16.9 Å². The van der Waals surface area contributed by atoms with Crippen LogP contribution >= 0.6 is 27.3 Å². The Bertz CT molecular complexity index is 936. The zero-order valence-electron chi connectivity index (χ0n) is 16.1. The highest BCUT2D eigenvalue weighted by Gasteiger charge is 2.21. The minimum Gasteiger partial charge on any atom is -0.317 e. The number of pyridine rings is 1. The number of hydrogen-bond donors (Lipinski definition) is 2. The molecule has 2 amide bonds. The van der Waals surface area contributed by atoms with E-state index in [9.17, 15) is 14.9 Å². The van der Waals surface area contributed by atoms with E-state index in [1.807, 2.05) is 0 Å². The zero-order chi connectivity index (χ0) is 20.8. The number of likely N-dealkylation sites (N-methyl/N-ethyl adjacent to an activating group) is 1. The monoisotopic (exact) mass is 475 g/mol. The molecule has 1 aliphatic rings. The molecule has 0 atom stereocenters. The lowest BCUT2D eigenvalue weighted by Crippen LogP contribution is -2.32. The van der Waals surface area contributed by atoms with Crippen LogP contribution in [0.5, 0.6) is 0 Å². The predicted octanol–water partition coefficient (Wildman–Crippen LogP) is 3.56. The van der Waals surface area contributed by atoms with Gasteiger partial charge < -0.3 is 10.6 Å². The summed E-state index contributed by atoms with van der Waals surface area (Å²) < 4.78 is 0.838. The van der Waals surface area contributed by atoms with Gasteiger partial charge in [-0.3, -0.25) is 14.5 Å². The number of carbonyl (C=O) groups is 2. The highest BCUT2D eigenvalue weighted by molar-refractivity contribution is 9.10. The number of halogens is 1. The van der Waals surface area contributed by atoms with Crippen molar-refractivity contribution in [1.29, 1.82) is 5.26 Å². The lowest BCUT2D eigenvalue weighted by Gasteiger charge is -2.15. The molecular formula is C20H22BrN5O2S. The second-order valence-electron chi connectivity index (χ2n) is 6.97. The van der Waals surface area contributed by atoms with Crippen LogP contribution in [-0.2, 0) is 22.4 Å². The van der Waals surface area contributed by atoms with E-state index in [1.165, 1.54) is 16.2 Å². The normalized spacial score (nSPS) is 12.9. The number of nitrogens with one attached hydrogen (secondary N) is 2. The first-order valence-electron chi connectivity index (χ1n) is 9.40. The summed E-state index contributed by atoms with van der Waals surface area (Å²) in [6.07, 6.45) is 5.98. The molecule has 0 unspecified atom stereocenters. The number of anilines is 2. The molecule has 0 radical (unpaired) electrons. The fraction of sp³-hybridized carbons (Fsp3) is 0.400. The van der Waals surface area contributed by atoms with Crippen molar-refractivity contribution < 1.29 is 9.59 Å². The van der Waals surface area contributed by atoms with Gasteiger partial charge in [-0.15, -0.1) is 11.3 Å². The first kappa shape index (κ1) is 21.4. The van der Waals surface area contributed by atoms with Crippen LogP contribution in [0.2, 0.25) is 0 Å². The van der Waals surface area contributed by atoms with Crippen LogP contribution in [0.4, 0.5) is 10.8 Å². The average molecular weight is 476 g/mol. The largest absolute Gasteiger partial charge is 0.317 e. The Morgan fingerprint density at radius 1 is 1.28 bits per heavy atom. The van der Waals surface area contributed by atoms with Gasteiger partial charge in [0, 0.05) is 28.5 Å². The first-order chi connectivity index (χ1) is 14.0. The number of fused-ring (bicyclic) bond motifs is 1. The molecule has 0 fully saturated rings. The fourth-order valence-electron chi connectivity index (χ4n) is 3.21. The molecule has 1 aliphatic carbocycles. The minimum atomic E-state index is -0.194. The van der Waals surface area contributed by atoms with Crippen molar-refractivity contribution in [2.45, 2.75) is 32.1 Å². The minimum absolute atomic E-state index is 0.151. The SMILES string of the molecule is CN(CCC(=O)Nc1sc2c(c1C#N)CCCC2)CC(=O)Nc1ccc(Br)cn1. The zero-order valence-corrected chi connectivity index (χ0v) is 18.5. The molecule has 0 spiro atoms. The van der Waals surface area contributed by atoms with E-state index >= 15 is 0 Å². The van der Waals surface area contributed by atoms with Gasteiger partial charge in [0.15, 0.2) is 0 Å². The maximum atomic E-state index is 12.4. The highest BCUT2D eigenvalue weighted by atomic mass is 79.9. The smallest absolute Gasteiger partial charge is 0.239 e. The number of hydrogen-bond acceptors (Lipinski definition) is 6. The molecule has 3 rings (SSSR count). The molecule has 152 valence electrons. The summed E-state index contributed by atoms with van der Waals surface area (Å²) in [5, 5.41) is 15.7. The topological polar surface area (TPSA) is 98.1 Å². The lowest BCUT2D eigenvalue weighted by molar-refractivity contribution is -0.119. The molecule has 0 aliphatic heterocycles. The highest BCUT2D eigenvalue weighted by Crippen LogP contribution is 2.37. The molecule has 7 nitrogen and oxygen atoms in total. The van der Waals surface area contributed by atoms with Crippen molar-refractivity contribution in [3.63, 3.8) is 0 Å². The van der Waals surface area contributed by atoms with E-state index in [0.717, 1.165) is 35.7 Å². The quantitative estimate of drug-likeness (QED) is 0.637. The third-order valence-corrected chi connectivity index (χ3v) is 6.34. The van der Waals surface area contributed by atoms with Crippen molar-refractivity contribution in [1.82, 2.24) is 9.88 Å². The molecular weight excluding hydrogens is 454 g/mol. The molecule has 0 saturated carbocycles. The van der Waals surface area contributed by atoms with Crippen LogP contribution in [0.3, 0.4) is 0 Å². The van der Waals surface area contributed by atoms with Gasteiger partial charge in [-0.05, 0) is 66.4 Å². The van der Waals surface area contributed by atoms with Crippen molar-refractivity contribution in [3.05, 3.63) is 38.8 Å². The summed E-state index contributed by atoms with van der Waals surface area (Å²) in [6.45, 7) is 0.585. The molecule has 0 aromatic carbocycles. The Balaban J connectivity index is 1.47. The number of aromatic nitrogens is 1. The molecule has 0 saturated heterocycles. The molecule has 2 aromatic heterocycles. The molecule has 2 heterocycles. The second-order valence-corrected chi connectivity index (χ2v) is 8.99. The van der Waals surface area contributed by atoms with E-state index in [4.69, 9.17) is 0 Å². The number of nitrogens with zero attached hydrogens (tertiary/aromatic N) is 3. The molecule has 2 aromatic rings. The van der Waals surface area contributed by atoms with Gasteiger partial charge >= 0.3 is 0 Å². The van der Waals surface area contributed by atoms with Crippen molar-refractivity contribution in [2.24, 2.45) is 0 Å². The maximum Gasteiger partial charge on any atom is 0.239 e. The van der Waals surface area contributed by atoms with Crippen molar-refractivity contribution in [3.8, 4) is 6.07 Å². The van der Waals surface area contributed by atoms with E-state index in [2.05, 4.69) is 37.6 Å². The fourth-order valence-corrected chi connectivity index (χ4v) is 4.70. The number of aryl methyl sites for hydroxylation is 1. The lowest BCUT2D eigenvalue weighted by atomic mass is 9.96. The summed E-state index contributed by atoms with van der Waals surface area (Å²) in [6, 6.07) is 5.76. The Labute approximate surface area is 182 Å². The van der Waals surface area contributed by atoms with E-state index < -0.39 is 0 Å². The van der Waals surface area contributed by atoms with Gasteiger partial charge in [-0.25, -0.2) is 4.98 Å². The number of amides is 2. The van der Waals surface area contributed by atoms with Crippen LogP contribution in [0.25, 0.3) is 0 Å². The summed E-state index contributed by atoms with van der Waals surface area (Å²) in [5.74, 6) is 0.136. The van der Waals surface area contributed by atoms with Gasteiger partial charge in [0.25, 0.3) is 0 Å². The Hall–Kier alpha value is -2.28. The summed E-state index contributed by atoms with van der Waals surface area (Å²) in [7, 11) is 1.78. The third-order valence-electron chi connectivity index (χ3n) is 4.67. The van der Waals surface area contributed by atoms with Gasteiger partial charge in [0.05, 0.1) is 12.1 Å². The van der Waals surface area contributed by atoms with Crippen LogP contribution in [0.15, 0.2) is 22.8 Å². The molecule has 2 N–H and O–H groups in total.